The third-order valence-electron chi connectivity index (χ3n) is 12.2. The zero-order valence-electron chi connectivity index (χ0n) is 36.2. The molecule has 4 aliphatic heterocycles. The molecule has 4 rings (SSSR count). The highest BCUT2D eigenvalue weighted by molar-refractivity contribution is 5.92. The van der Waals surface area contributed by atoms with E-state index in [0.717, 1.165) is 0 Å². The first kappa shape index (κ1) is 47.0. The fraction of sp³-hybridized carbons (Fsp3) is 0.878. The van der Waals surface area contributed by atoms with Crippen molar-refractivity contribution < 1.29 is 71.3 Å². The molecule has 18 atom stereocenters. The number of methoxy groups -OCH3 is 1. The van der Waals surface area contributed by atoms with E-state index in [1.165, 1.54) is 27.9 Å². The highest BCUT2D eigenvalue weighted by Gasteiger charge is 2.58. The van der Waals surface area contributed by atoms with Crippen LogP contribution in [-0.4, -0.2) is 142 Å². The number of nitrogens with zero attached hydrogens (tertiary/aromatic N) is 1. The molecule has 16 heteroatoms. The van der Waals surface area contributed by atoms with E-state index >= 15 is 0 Å². The number of Topliss-reactive ketones (excluding diaryl/α,β-unsaturated/α-hetero) is 1. The van der Waals surface area contributed by atoms with Gasteiger partial charge in [-0.25, -0.2) is 0 Å². The molecular weight excluding hydrogens is 746 g/mol. The Bertz CT molecular complexity index is 1420. The first-order valence-electron chi connectivity index (χ1n) is 20.3. The maximum absolute atomic E-state index is 14.4. The lowest BCUT2D eigenvalue weighted by Crippen LogP contribution is -2.58. The topological polar surface area (TPSA) is 184 Å². The minimum atomic E-state index is -1.19. The van der Waals surface area contributed by atoms with E-state index in [4.69, 9.17) is 47.4 Å². The number of ether oxygens (including phenoxy) is 10. The van der Waals surface area contributed by atoms with Gasteiger partial charge in [0, 0.05) is 46.1 Å². The minimum absolute atomic E-state index is 0.162. The minimum Gasteiger partial charge on any atom is -0.462 e. The zero-order chi connectivity index (χ0) is 42.7. The van der Waals surface area contributed by atoms with Crippen molar-refractivity contribution in [2.45, 2.75) is 175 Å². The Hall–Kier alpha value is -2.73. The van der Waals surface area contributed by atoms with Crippen LogP contribution in [0.15, 0.2) is 0 Å². The molecule has 0 N–H and O–H groups in total. The summed E-state index contributed by atoms with van der Waals surface area (Å²) in [6, 6.07) is -0.247. The van der Waals surface area contributed by atoms with Crippen LogP contribution in [0.3, 0.4) is 0 Å². The number of epoxide rings is 1. The number of hydrogen-bond donors (Lipinski definition) is 0. The summed E-state index contributed by atoms with van der Waals surface area (Å²) in [5.74, 6) is -5.69. The Morgan fingerprint density at radius 2 is 1.28 bits per heavy atom. The van der Waals surface area contributed by atoms with E-state index in [-0.39, 0.29) is 37.4 Å². The predicted octanol–water partition coefficient (Wildman–Crippen LogP) is 3.62. The molecule has 4 fully saturated rings. The first-order chi connectivity index (χ1) is 26.6. The summed E-state index contributed by atoms with van der Waals surface area (Å²) >= 11 is 0. The van der Waals surface area contributed by atoms with Crippen molar-refractivity contribution in [2.75, 3.05) is 27.8 Å². The second-order valence-corrected chi connectivity index (χ2v) is 17.1. The number of ketones is 1. The van der Waals surface area contributed by atoms with E-state index < -0.39 is 120 Å². The van der Waals surface area contributed by atoms with Gasteiger partial charge in [0.25, 0.3) is 0 Å². The van der Waals surface area contributed by atoms with Gasteiger partial charge in [0.05, 0.1) is 48.9 Å². The van der Waals surface area contributed by atoms with Crippen LogP contribution in [0.25, 0.3) is 0 Å². The lowest BCUT2D eigenvalue weighted by atomic mass is 9.76. The van der Waals surface area contributed by atoms with Gasteiger partial charge in [-0.3, -0.25) is 24.0 Å². The fourth-order valence-electron chi connectivity index (χ4n) is 8.93. The van der Waals surface area contributed by atoms with Crippen molar-refractivity contribution in [1.82, 2.24) is 4.90 Å². The second-order valence-electron chi connectivity index (χ2n) is 17.1. The molecule has 0 aromatic carbocycles. The van der Waals surface area contributed by atoms with Crippen LogP contribution in [0, 0.1) is 29.6 Å². The molecule has 0 radical (unpaired) electrons. The van der Waals surface area contributed by atoms with E-state index in [0.29, 0.717) is 6.42 Å². The molecule has 0 bridgehead atoms. The Morgan fingerprint density at radius 1 is 0.702 bits per heavy atom. The molecular formula is C41H67NO15. The predicted molar refractivity (Wildman–Crippen MR) is 202 cm³/mol. The second kappa shape index (κ2) is 19.6. The summed E-state index contributed by atoms with van der Waals surface area (Å²) < 4.78 is 61.5. The maximum atomic E-state index is 14.4. The summed E-state index contributed by atoms with van der Waals surface area (Å²) in [6.45, 7) is 18.5. The molecule has 0 aromatic heterocycles. The first-order valence-corrected chi connectivity index (χ1v) is 20.3. The molecule has 0 unspecified atom stereocenters. The highest BCUT2D eigenvalue weighted by atomic mass is 16.7. The normalized spacial score (nSPS) is 43.5. The van der Waals surface area contributed by atoms with Crippen LogP contribution in [0.1, 0.15) is 95.4 Å². The average Bonchev–Trinajstić information content (AvgIpc) is 3.91. The molecule has 16 nitrogen and oxygen atoms in total. The monoisotopic (exact) mass is 813 g/mol. The largest absolute Gasteiger partial charge is 0.462 e. The summed E-state index contributed by atoms with van der Waals surface area (Å²) in [6.07, 6.45) is -7.35. The van der Waals surface area contributed by atoms with Crippen molar-refractivity contribution in [3.05, 3.63) is 0 Å². The van der Waals surface area contributed by atoms with E-state index in [2.05, 4.69) is 0 Å². The molecule has 57 heavy (non-hydrogen) atoms. The molecule has 0 saturated carbocycles. The molecule has 4 heterocycles. The Kier molecular flexibility index (Phi) is 16.1. The molecule has 0 aliphatic carbocycles. The Morgan fingerprint density at radius 3 is 1.82 bits per heavy atom. The standard InChI is InChI=1S/C41H67NO15/c1-19-17-41(18-49-41)38(46)23(5)34(53-27(9)43)21(3)25(7)52-39(47)24(6)35(56-32-16-31(48-14)36(26(8)51-32)54-28(10)44)22(4)33(19)57-40-37(55-29(11)45)30(42(12)13)15-20(2)50-40/h19-26,30-37,40H,15-18H2,1-14H3/t19-,20+,21-,22+,23+,24+,25+,26-,30-,31-,32-,33-,34-,35-,36+,37-,40-,41+/m0/s1. The van der Waals surface area contributed by atoms with Crippen molar-refractivity contribution in [1.29, 1.82) is 0 Å². The van der Waals surface area contributed by atoms with Crippen molar-refractivity contribution in [3.63, 3.8) is 0 Å². The van der Waals surface area contributed by atoms with Crippen LogP contribution in [0.4, 0.5) is 0 Å². The number of cyclic esters (lactones) is 1. The molecule has 0 amide bonds. The van der Waals surface area contributed by atoms with Crippen LogP contribution in [0.2, 0.25) is 0 Å². The quantitative estimate of drug-likeness (QED) is 0.187. The third-order valence-corrected chi connectivity index (χ3v) is 12.2. The van der Waals surface area contributed by atoms with Crippen LogP contribution in [-0.2, 0) is 71.3 Å². The smallest absolute Gasteiger partial charge is 0.311 e. The molecule has 0 aromatic rings. The van der Waals surface area contributed by atoms with Crippen LogP contribution >= 0.6 is 0 Å². The maximum Gasteiger partial charge on any atom is 0.311 e. The van der Waals surface area contributed by atoms with Crippen molar-refractivity contribution in [3.8, 4) is 0 Å². The van der Waals surface area contributed by atoms with Crippen molar-refractivity contribution >= 4 is 29.7 Å². The van der Waals surface area contributed by atoms with Gasteiger partial charge in [-0.15, -0.1) is 0 Å². The Labute approximate surface area is 337 Å². The molecule has 326 valence electrons. The van der Waals surface area contributed by atoms with Crippen LogP contribution < -0.4 is 0 Å². The van der Waals surface area contributed by atoms with Gasteiger partial charge in [0.2, 0.25) is 0 Å². The Balaban J connectivity index is 1.82. The summed E-state index contributed by atoms with van der Waals surface area (Å²) in [7, 11) is 5.31. The molecule has 1 spiro atoms. The summed E-state index contributed by atoms with van der Waals surface area (Å²) in [5, 5.41) is 0. The SMILES string of the molecule is CO[C@H]1C[C@H](O[C@H]2[C@H](C)[C@@H](O[C@@H]3O[C@H](C)C[C@H](N(C)C)[C@@H]3OC(C)=O)[C@@H](C)C[C@@]3(CO3)C(=O)[C@H](C)[C@@H](OC(C)=O)[C@@H](C)[C@@H](C)OC(=O)[C@@H]2C)O[C@@H](C)[C@H]1OC(C)=O. The van der Waals surface area contributed by atoms with E-state index in [1.54, 1.807) is 34.6 Å². The van der Waals surface area contributed by atoms with E-state index in [9.17, 15) is 24.0 Å². The fourth-order valence-corrected chi connectivity index (χ4v) is 8.93. The summed E-state index contributed by atoms with van der Waals surface area (Å²) in [5.41, 5.74) is -1.19. The van der Waals surface area contributed by atoms with Gasteiger partial charge in [-0.05, 0) is 60.5 Å². The van der Waals surface area contributed by atoms with Crippen molar-refractivity contribution in [2.24, 2.45) is 29.6 Å². The number of rotatable bonds is 9. The lowest BCUT2D eigenvalue weighted by molar-refractivity contribution is -0.301. The van der Waals surface area contributed by atoms with Gasteiger partial charge >= 0.3 is 23.9 Å². The average molecular weight is 814 g/mol. The molecule has 4 saturated heterocycles. The zero-order valence-corrected chi connectivity index (χ0v) is 36.2. The van der Waals surface area contributed by atoms with E-state index in [1.807, 2.05) is 39.8 Å². The van der Waals surface area contributed by atoms with Gasteiger partial charge in [-0.1, -0.05) is 27.7 Å². The third kappa shape index (κ3) is 11.3. The highest BCUT2D eigenvalue weighted by Crippen LogP contribution is 2.44. The number of hydrogen-bond acceptors (Lipinski definition) is 16. The lowest BCUT2D eigenvalue weighted by Gasteiger charge is -2.46. The van der Waals surface area contributed by atoms with Crippen LogP contribution in [0.5, 0.6) is 0 Å². The number of carbonyl (C=O) groups is 5. The van der Waals surface area contributed by atoms with Gasteiger partial charge in [-0.2, -0.15) is 0 Å². The number of likely N-dealkylation sites (N-methyl/N-ethyl adjacent to an activating group) is 1. The van der Waals surface area contributed by atoms with Gasteiger partial charge in [0.15, 0.2) is 36.2 Å². The van der Waals surface area contributed by atoms with Gasteiger partial charge in [0.1, 0.15) is 18.3 Å². The summed E-state index contributed by atoms with van der Waals surface area (Å²) in [4.78, 5) is 67.4. The number of carbonyl (C=O) groups excluding carboxylic acids is 5. The number of esters is 4. The molecule has 4 aliphatic rings. The van der Waals surface area contributed by atoms with Gasteiger partial charge < -0.3 is 52.3 Å².